The van der Waals surface area contributed by atoms with Crippen LogP contribution >= 0.6 is 12.4 Å². The summed E-state index contributed by atoms with van der Waals surface area (Å²) in [5, 5.41) is 2.70. The van der Waals surface area contributed by atoms with Crippen molar-refractivity contribution in [2.24, 2.45) is 5.73 Å². The fourth-order valence-electron chi connectivity index (χ4n) is 2.52. The Morgan fingerprint density at radius 1 is 1.38 bits per heavy atom. The monoisotopic (exact) mass is 316 g/mol. The van der Waals surface area contributed by atoms with Crippen LogP contribution in [0, 0.1) is 5.82 Å². The van der Waals surface area contributed by atoms with Crippen molar-refractivity contribution >= 4 is 24.0 Å². The Hall–Kier alpha value is -1.33. The number of amides is 1. The van der Waals surface area contributed by atoms with Crippen LogP contribution in [-0.4, -0.2) is 18.1 Å². The van der Waals surface area contributed by atoms with Gasteiger partial charge in [0, 0.05) is 11.8 Å². The van der Waals surface area contributed by atoms with Crippen molar-refractivity contribution in [2.45, 2.75) is 44.6 Å². The molecular formula is C15H22ClFN2O2. The molecule has 0 spiro atoms. The smallest absolute Gasteiger partial charge is 0.244 e. The molecule has 0 atom stereocenters. The summed E-state index contributed by atoms with van der Waals surface area (Å²) in [6.45, 7) is 2.19. The van der Waals surface area contributed by atoms with Crippen LogP contribution in [0.15, 0.2) is 18.2 Å². The van der Waals surface area contributed by atoms with Crippen molar-refractivity contribution in [2.75, 3.05) is 11.9 Å². The number of rotatable bonds is 4. The molecule has 21 heavy (non-hydrogen) atoms. The molecule has 1 aliphatic carbocycles. The number of benzene rings is 1. The first-order valence-electron chi connectivity index (χ1n) is 7.08. The molecule has 1 aromatic carbocycles. The molecule has 0 radical (unpaired) electrons. The van der Waals surface area contributed by atoms with Crippen LogP contribution < -0.4 is 15.8 Å². The molecule has 6 heteroatoms. The number of carbonyl (C=O) groups excluding carboxylic acids is 1. The summed E-state index contributed by atoms with van der Waals surface area (Å²) < 4.78 is 18.8. The lowest BCUT2D eigenvalue weighted by Gasteiger charge is -2.31. The molecule has 0 aliphatic heterocycles. The normalized spacial score (nSPS) is 16.7. The number of nitrogens with two attached hydrogens (primary N) is 1. The summed E-state index contributed by atoms with van der Waals surface area (Å²) >= 11 is 0. The first kappa shape index (κ1) is 17.7. The summed E-state index contributed by atoms with van der Waals surface area (Å²) in [6.07, 6.45) is 4.39. The van der Waals surface area contributed by atoms with Crippen LogP contribution in [0.4, 0.5) is 10.1 Å². The summed E-state index contributed by atoms with van der Waals surface area (Å²) in [6, 6.07) is 4.39. The number of nitrogens with one attached hydrogen (secondary N) is 1. The van der Waals surface area contributed by atoms with E-state index in [0.29, 0.717) is 25.1 Å². The highest BCUT2D eigenvalue weighted by Crippen LogP contribution is 2.28. The van der Waals surface area contributed by atoms with Gasteiger partial charge in [0.25, 0.3) is 0 Å². The van der Waals surface area contributed by atoms with Gasteiger partial charge < -0.3 is 15.8 Å². The van der Waals surface area contributed by atoms with Crippen molar-refractivity contribution in [3.8, 4) is 5.75 Å². The van der Waals surface area contributed by atoms with Crippen LogP contribution in [0.3, 0.4) is 0 Å². The second kappa shape index (κ2) is 7.61. The molecule has 0 bridgehead atoms. The van der Waals surface area contributed by atoms with E-state index in [1.165, 1.54) is 12.1 Å². The Bertz CT molecular complexity index is 491. The first-order chi connectivity index (χ1) is 9.55. The fourth-order valence-corrected chi connectivity index (χ4v) is 2.52. The van der Waals surface area contributed by atoms with E-state index in [2.05, 4.69) is 5.32 Å². The Labute approximate surface area is 130 Å². The van der Waals surface area contributed by atoms with E-state index in [1.807, 2.05) is 0 Å². The van der Waals surface area contributed by atoms with Gasteiger partial charge in [-0.05, 0) is 31.9 Å². The minimum atomic E-state index is -0.826. The van der Waals surface area contributed by atoms with Crippen LogP contribution in [0.5, 0.6) is 5.75 Å². The molecular weight excluding hydrogens is 295 g/mol. The van der Waals surface area contributed by atoms with Gasteiger partial charge >= 0.3 is 0 Å². The Kier molecular flexibility index (Phi) is 6.42. The van der Waals surface area contributed by atoms with E-state index < -0.39 is 11.4 Å². The van der Waals surface area contributed by atoms with E-state index in [-0.39, 0.29) is 24.1 Å². The lowest BCUT2D eigenvalue weighted by Crippen LogP contribution is -2.52. The van der Waals surface area contributed by atoms with E-state index in [9.17, 15) is 9.18 Å². The highest BCUT2D eigenvalue weighted by Gasteiger charge is 2.35. The van der Waals surface area contributed by atoms with Gasteiger partial charge in [-0.25, -0.2) is 4.39 Å². The number of anilines is 1. The van der Waals surface area contributed by atoms with E-state index in [4.69, 9.17) is 10.5 Å². The van der Waals surface area contributed by atoms with Crippen LogP contribution in [0.1, 0.15) is 39.0 Å². The topological polar surface area (TPSA) is 64.3 Å². The largest absolute Gasteiger partial charge is 0.491 e. The summed E-state index contributed by atoms with van der Waals surface area (Å²) in [5.41, 5.74) is 5.72. The Balaban J connectivity index is 0.00000220. The Morgan fingerprint density at radius 3 is 2.62 bits per heavy atom. The molecule has 1 fully saturated rings. The molecule has 118 valence electrons. The second-order valence-electron chi connectivity index (χ2n) is 5.25. The van der Waals surface area contributed by atoms with Crippen molar-refractivity contribution in [1.82, 2.24) is 0 Å². The van der Waals surface area contributed by atoms with Gasteiger partial charge in [-0.1, -0.05) is 19.3 Å². The van der Waals surface area contributed by atoms with Crippen LogP contribution in [-0.2, 0) is 4.79 Å². The lowest BCUT2D eigenvalue weighted by molar-refractivity contribution is -0.122. The predicted octanol–water partition coefficient (Wildman–Crippen LogP) is 3.25. The highest BCUT2D eigenvalue weighted by molar-refractivity contribution is 5.98. The molecule has 4 nitrogen and oxygen atoms in total. The molecule has 3 N–H and O–H groups in total. The summed E-state index contributed by atoms with van der Waals surface area (Å²) in [4.78, 5) is 12.2. The van der Waals surface area contributed by atoms with Crippen LogP contribution in [0.2, 0.25) is 0 Å². The van der Waals surface area contributed by atoms with E-state index in [1.54, 1.807) is 13.0 Å². The van der Waals surface area contributed by atoms with Gasteiger partial charge in [-0.3, -0.25) is 4.79 Å². The van der Waals surface area contributed by atoms with Crippen molar-refractivity contribution in [3.05, 3.63) is 24.0 Å². The molecule has 0 saturated heterocycles. The molecule has 1 aliphatic rings. The molecule has 1 amide bonds. The SMILES string of the molecule is CCOc1ccc(NC(=O)C2(N)CCCCC2)cc1F.Cl. The number of ether oxygens (including phenoxy) is 1. The molecule has 0 heterocycles. The van der Waals surface area contributed by atoms with Gasteiger partial charge in [0.05, 0.1) is 12.1 Å². The molecule has 1 aromatic rings. The fraction of sp³-hybridized carbons (Fsp3) is 0.533. The number of carbonyl (C=O) groups is 1. The zero-order chi connectivity index (χ0) is 14.6. The van der Waals surface area contributed by atoms with Crippen molar-refractivity contribution < 1.29 is 13.9 Å². The van der Waals surface area contributed by atoms with Gasteiger partial charge in [0.15, 0.2) is 11.6 Å². The minimum absolute atomic E-state index is 0. The zero-order valence-corrected chi connectivity index (χ0v) is 13.0. The third kappa shape index (κ3) is 4.32. The number of hydrogen-bond donors (Lipinski definition) is 2. The standard InChI is InChI=1S/C15H21FN2O2.ClH/c1-2-20-13-7-6-11(10-12(13)16)18-14(19)15(17)8-4-3-5-9-15;/h6-7,10H,2-5,8-9,17H2,1H3,(H,18,19);1H. The van der Waals surface area contributed by atoms with Crippen molar-refractivity contribution in [1.29, 1.82) is 0 Å². The highest BCUT2D eigenvalue weighted by atomic mass is 35.5. The lowest BCUT2D eigenvalue weighted by atomic mass is 9.82. The minimum Gasteiger partial charge on any atom is -0.491 e. The number of halogens is 2. The van der Waals surface area contributed by atoms with Gasteiger partial charge in [-0.2, -0.15) is 0 Å². The maximum Gasteiger partial charge on any atom is 0.244 e. The van der Waals surface area contributed by atoms with Gasteiger partial charge in [0.1, 0.15) is 0 Å². The Morgan fingerprint density at radius 2 is 2.05 bits per heavy atom. The molecule has 0 unspecified atom stereocenters. The predicted molar refractivity (Wildman–Crippen MR) is 83.5 cm³/mol. The maximum absolute atomic E-state index is 13.7. The summed E-state index contributed by atoms with van der Waals surface area (Å²) in [7, 11) is 0. The maximum atomic E-state index is 13.7. The third-order valence-corrected chi connectivity index (χ3v) is 3.69. The van der Waals surface area contributed by atoms with Gasteiger partial charge in [-0.15, -0.1) is 12.4 Å². The molecule has 1 saturated carbocycles. The molecule has 0 aromatic heterocycles. The van der Waals surface area contributed by atoms with Crippen LogP contribution in [0.25, 0.3) is 0 Å². The second-order valence-corrected chi connectivity index (χ2v) is 5.25. The average molecular weight is 317 g/mol. The quantitative estimate of drug-likeness (QED) is 0.896. The average Bonchev–Trinajstić information content (AvgIpc) is 2.43. The number of hydrogen-bond acceptors (Lipinski definition) is 3. The first-order valence-corrected chi connectivity index (χ1v) is 7.08. The van der Waals surface area contributed by atoms with Crippen molar-refractivity contribution in [3.63, 3.8) is 0 Å². The van der Waals surface area contributed by atoms with E-state index in [0.717, 1.165) is 19.3 Å². The summed E-state index contributed by atoms with van der Waals surface area (Å²) in [5.74, 6) is -0.536. The zero-order valence-electron chi connectivity index (χ0n) is 12.2. The van der Waals surface area contributed by atoms with Gasteiger partial charge in [0.2, 0.25) is 5.91 Å². The van der Waals surface area contributed by atoms with E-state index >= 15 is 0 Å². The third-order valence-electron chi connectivity index (χ3n) is 3.69. The molecule has 2 rings (SSSR count).